The first kappa shape index (κ1) is 18.6. The molecule has 5 heteroatoms. The van der Waals surface area contributed by atoms with Crippen LogP contribution in [0.3, 0.4) is 0 Å². The number of carbonyl (C=O) groups excluding carboxylic acids is 1. The van der Waals surface area contributed by atoms with Crippen LogP contribution >= 0.6 is 11.6 Å². The second kappa shape index (κ2) is 8.91. The van der Waals surface area contributed by atoms with Gasteiger partial charge in [-0.05, 0) is 35.2 Å². The average molecular weight is 354 g/mol. The van der Waals surface area contributed by atoms with E-state index in [0.717, 1.165) is 16.8 Å². The summed E-state index contributed by atoms with van der Waals surface area (Å²) in [6.45, 7) is 4.51. The van der Waals surface area contributed by atoms with Gasteiger partial charge in [-0.25, -0.2) is 0 Å². The van der Waals surface area contributed by atoms with Crippen LogP contribution in [0.5, 0.6) is 0 Å². The Balaban J connectivity index is 2.03. The molecular weight excluding hydrogens is 334 g/mol. The van der Waals surface area contributed by atoms with Crippen LogP contribution in [-0.4, -0.2) is 5.91 Å². The van der Waals surface area contributed by atoms with Crippen molar-refractivity contribution in [2.45, 2.75) is 26.3 Å². The number of rotatable bonds is 6. The molecule has 1 amide bonds. The number of nitriles is 1. The average Bonchev–Trinajstić information content (AvgIpc) is 2.62. The molecule has 0 bridgehead atoms. The Kier molecular flexibility index (Phi) is 6.62. The molecule has 0 spiro atoms. The topological polar surface area (TPSA) is 64.9 Å². The Morgan fingerprint density at radius 2 is 1.88 bits per heavy atom. The van der Waals surface area contributed by atoms with E-state index in [1.807, 2.05) is 42.5 Å². The van der Waals surface area contributed by atoms with E-state index in [-0.39, 0.29) is 5.57 Å². The van der Waals surface area contributed by atoms with Gasteiger partial charge < -0.3 is 10.6 Å². The maximum absolute atomic E-state index is 12.2. The van der Waals surface area contributed by atoms with E-state index in [1.54, 1.807) is 12.1 Å². The minimum absolute atomic E-state index is 0.0209. The molecule has 0 saturated heterocycles. The maximum atomic E-state index is 12.2. The van der Waals surface area contributed by atoms with Crippen molar-refractivity contribution in [2.24, 2.45) is 0 Å². The molecule has 2 rings (SSSR count). The smallest absolute Gasteiger partial charge is 0.263 e. The highest BCUT2D eigenvalue weighted by Gasteiger charge is 2.10. The van der Waals surface area contributed by atoms with Crippen LogP contribution in [0, 0.1) is 11.3 Å². The van der Waals surface area contributed by atoms with E-state index in [4.69, 9.17) is 11.6 Å². The van der Waals surface area contributed by atoms with Crippen molar-refractivity contribution in [1.82, 2.24) is 5.32 Å². The second-order valence-electron chi connectivity index (χ2n) is 5.87. The standard InChI is InChI=1S/C20H20ClN3O/c1-14(2)18-5-3-4-6-19(18)23-13-16(11-22)20(25)24-12-15-7-9-17(21)10-8-15/h3-10,13-14,23H,12H2,1-2H3,(H,24,25)/b16-13-. The molecule has 0 saturated carbocycles. The lowest BCUT2D eigenvalue weighted by Crippen LogP contribution is -2.24. The van der Waals surface area contributed by atoms with E-state index < -0.39 is 5.91 Å². The molecule has 0 heterocycles. The fraction of sp³-hybridized carbons (Fsp3) is 0.200. The molecule has 0 radical (unpaired) electrons. The van der Waals surface area contributed by atoms with Crippen molar-refractivity contribution in [2.75, 3.05) is 5.32 Å². The van der Waals surface area contributed by atoms with Gasteiger partial charge in [0, 0.05) is 23.5 Å². The number of halogens is 1. The highest BCUT2D eigenvalue weighted by atomic mass is 35.5. The first-order chi connectivity index (χ1) is 12.0. The Labute approximate surface area is 153 Å². The van der Waals surface area contributed by atoms with Gasteiger partial charge in [0.15, 0.2) is 0 Å². The third-order valence-electron chi connectivity index (χ3n) is 3.69. The first-order valence-electron chi connectivity index (χ1n) is 7.99. The Hall–Kier alpha value is -2.77. The van der Waals surface area contributed by atoms with Crippen LogP contribution in [0.15, 0.2) is 60.3 Å². The molecule has 25 heavy (non-hydrogen) atoms. The molecule has 128 valence electrons. The fourth-order valence-corrected chi connectivity index (χ4v) is 2.44. The number of nitrogens with zero attached hydrogens (tertiary/aromatic N) is 1. The minimum Gasteiger partial charge on any atom is -0.360 e. The van der Waals surface area contributed by atoms with Crippen molar-refractivity contribution in [3.05, 3.63) is 76.5 Å². The third-order valence-corrected chi connectivity index (χ3v) is 3.94. The van der Waals surface area contributed by atoms with Crippen molar-refractivity contribution in [1.29, 1.82) is 5.26 Å². The zero-order valence-electron chi connectivity index (χ0n) is 14.2. The predicted molar refractivity (Wildman–Crippen MR) is 101 cm³/mol. The molecule has 0 fully saturated rings. The number of amides is 1. The van der Waals surface area contributed by atoms with Gasteiger partial charge in [0.05, 0.1) is 0 Å². The molecule has 0 aliphatic heterocycles. The van der Waals surface area contributed by atoms with Crippen LogP contribution in [-0.2, 0) is 11.3 Å². The van der Waals surface area contributed by atoms with Gasteiger partial charge in [0.2, 0.25) is 0 Å². The monoisotopic (exact) mass is 353 g/mol. The van der Waals surface area contributed by atoms with E-state index in [2.05, 4.69) is 24.5 Å². The van der Waals surface area contributed by atoms with Crippen LogP contribution in [0.2, 0.25) is 5.02 Å². The lowest BCUT2D eigenvalue weighted by Gasteiger charge is -2.12. The molecule has 0 unspecified atom stereocenters. The maximum Gasteiger partial charge on any atom is 0.263 e. The zero-order valence-corrected chi connectivity index (χ0v) is 15.0. The van der Waals surface area contributed by atoms with Gasteiger partial charge >= 0.3 is 0 Å². The third kappa shape index (κ3) is 5.37. The Morgan fingerprint density at radius 1 is 1.20 bits per heavy atom. The van der Waals surface area contributed by atoms with Crippen molar-refractivity contribution >= 4 is 23.2 Å². The molecule has 2 aromatic carbocycles. The molecule has 0 atom stereocenters. The molecule has 4 nitrogen and oxygen atoms in total. The molecule has 0 aliphatic rings. The van der Waals surface area contributed by atoms with Crippen LogP contribution in [0.1, 0.15) is 30.9 Å². The van der Waals surface area contributed by atoms with E-state index in [0.29, 0.717) is 17.5 Å². The van der Waals surface area contributed by atoms with Crippen LogP contribution in [0.4, 0.5) is 5.69 Å². The summed E-state index contributed by atoms with van der Waals surface area (Å²) in [7, 11) is 0. The number of nitrogens with one attached hydrogen (secondary N) is 2. The van der Waals surface area contributed by atoms with Crippen LogP contribution < -0.4 is 10.6 Å². The highest BCUT2D eigenvalue weighted by molar-refractivity contribution is 6.30. The number of hydrogen-bond donors (Lipinski definition) is 2. The second-order valence-corrected chi connectivity index (χ2v) is 6.30. The summed E-state index contributed by atoms with van der Waals surface area (Å²) in [6.07, 6.45) is 1.44. The van der Waals surface area contributed by atoms with Crippen molar-refractivity contribution in [3.8, 4) is 6.07 Å². The van der Waals surface area contributed by atoms with Crippen LogP contribution in [0.25, 0.3) is 0 Å². The van der Waals surface area contributed by atoms with E-state index in [1.165, 1.54) is 6.20 Å². The molecule has 0 aliphatic carbocycles. The SMILES string of the molecule is CC(C)c1ccccc1N/C=C(/C#N)C(=O)NCc1ccc(Cl)cc1. The van der Waals surface area contributed by atoms with Gasteiger partial charge in [-0.3, -0.25) is 4.79 Å². The summed E-state index contributed by atoms with van der Waals surface area (Å²) >= 11 is 5.83. The normalized spacial score (nSPS) is 11.1. The molecule has 2 aromatic rings. The van der Waals surface area contributed by atoms with E-state index >= 15 is 0 Å². The highest BCUT2D eigenvalue weighted by Crippen LogP contribution is 2.23. The van der Waals surface area contributed by atoms with E-state index in [9.17, 15) is 10.1 Å². The zero-order chi connectivity index (χ0) is 18.2. The summed E-state index contributed by atoms with van der Waals surface area (Å²) < 4.78 is 0. The molecular formula is C20H20ClN3O. The Morgan fingerprint density at radius 3 is 2.52 bits per heavy atom. The summed E-state index contributed by atoms with van der Waals surface area (Å²) in [5.41, 5.74) is 2.94. The number of para-hydroxylation sites is 1. The van der Waals surface area contributed by atoms with Gasteiger partial charge in [-0.2, -0.15) is 5.26 Å². The summed E-state index contributed by atoms with van der Waals surface area (Å²) in [5.74, 6) is -0.0895. The largest absolute Gasteiger partial charge is 0.360 e. The number of anilines is 1. The lowest BCUT2D eigenvalue weighted by atomic mass is 10.0. The van der Waals surface area contributed by atoms with Gasteiger partial charge in [-0.15, -0.1) is 0 Å². The quantitative estimate of drug-likeness (QED) is 0.589. The minimum atomic E-state index is -0.424. The summed E-state index contributed by atoms with van der Waals surface area (Å²) in [4.78, 5) is 12.2. The van der Waals surface area contributed by atoms with Gasteiger partial charge in [0.1, 0.15) is 11.6 Å². The predicted octanol–water partition coefficient (Wildman–Crippen LogP) is 4.60. The number of benzene rings is 2. The number of carbonyl (C=O) groups is 1. The molecule has 0 aromatic heterocycles. The molecule has 2 N–H and O–H groups in total. The fourth-order valence-electron chi connectivity index (χ4n) is 2.31. The van der Waals surface area contributed by atoms with Crippen molar-refractivity contribution < 1.29 is 4.79 Å². The van der Waals surface area contributed by atoms with Gasteiger partial charge in [0.25, 0.3) is 5.91 Å². The van der Waals surface area contributed by atoms with Gasteiger partial charge in [-0.1, -0.05) is 55.8 Å². The number of hydrogen-bond acceptors (Lipinski definition) is 3. The lowest BCUT2D eigenvalue weighted by molar-refractivity contribution is -0.117. The first-order valence-corrected chi connectivity index (χ1v) is 8.37. The summed E-state index contributed by atoms with van der Waals surface area (Å²) in [6, 6.07) is 16.9. The summed E-state index contributed by atoms with van der Waals surface area (Å²) in [5, 5.41) is 15.7. The van der Waals surface area contributed by atoms with Crippen molar-refractivity contribution in [3.63, 3.8) is 0 Å². The Bertz CT molecular complexity index is 804.